The van der Waals surface area contributed by atoms with Gasteiger partial charge in [-0.15, -0.1) is 0 Å². The van der Waals surface area contributed by atoms with Crippen molar-refractivity contribution in [3.63, 3.8) is 0 Å². The highest BCUT2D eigenvalue weighted by Gasteiger charge is 2.12. The van der Waals surface area contributed by atoms with E-state index in [1.54, 1.807) is 12.1 Å². The van der Waals surface area contributed by atoms with Crippen molar-refractivity contribution < 1.29 is 14.3 Å². The Bertz CT molecular complexity index is 649. The Kier molecular flexibility index (Phi) is 4.26. The van der Waals surface area contributed by atoms with Crippen LogP contribution in [0, 0.1) is 9.39 Å². The van der Waals surface area contributed by atoms with Gasteiger partial charge in [-0.2, -0.15) is 0 Å². The molecule has 1 amide bonds. The fourth-order valence-electron chi connectivity index (χ4n) is 1.45. The van der Waals surface area contributed by atoms with Crippen molar-refractivity contribution in [2.75, 3.05) is 5.32 Å². The molecule has 2 aromatic carbocycles. The Labute approximate surface area is 127 Å². The van der Waals surface area contributed by atoms with E-state index in [0.717, 1.165) is 0 Å². The number of anilines is 1. The van der Waals surface area contributed by atoms with Crippen LogP contribution in [0.15, 0.2) is 36.4 Å². The van der Waals surface area contributed by atoms with Gasteiger partial charge in [-0.05, 0) is 52.9 Å². The molecule has 0 heterocycles. The number of halogens is 3. The summed E-state index contributed by atoms with van der Waals surface area (Å²) in [4.78, 5) is 11.9. The van der Waals surface area contributed by atoms with Crippen molar-refractivity contribution in [3.8, 4) is 5.75 Å². The summed E-state index contributed by atoms with van der Waals surface area (Å²) in [7, 11) is 0. The fraction of sp³-hybridized carbons (Fsp3) is 0. The predicted octanol–water partition coefficient (Wildman–Crippen LogP) is 4.04. The lowest BCUT2D eigenvalue weighted by Crippen LogP contribution is -2.13. The molecular formula is C13H8ClFINO2. The van der Waals surface area contributed by atoms with Crippen LogP contribution in [0.2, 0.25) is 5.02 Å². The maximum Gasteiger partial charge on any atom is 0.255 e. The molecule has 0 aromatic heterocycles. The van der Waals surface area contributed by atoms with Gasteiger partial charge < -0.3 is 10.4 Å². The third-order valence-corrected chi connectivity index (χ3v) is 3.61. The molecule has 0 fully saturated rings. The molecule has 0 saturated carbocycles. The van der Waals surface area contributed by atoms with Crippen LogP contribution in [-0.4, -0.2) is 11.0 Å². The number of phenolic OH excluding ortho intramolecular Hbond substituents is 1. The first kappa shape index (κ1) is 14.1. The van der Waals surface area contributed by atoms with Gasteiger partial charge in [0.05, 0.1) is 14.3 Å². The quantitative estimate of drug-likeness (QED) is 0.759. The molecule has 0 radical (unpaired) electrons. The van der Waals surface area contributed by atoms with Gasteiger partial charge in [0.25, 0.3) is 5.91 Å². The second-order valence-corrected chi connectivity index (χ2v) is 5.29. The molecule has 2 aromatic rings. The number of rotatable bonds is 2. The number of benzene rings is 2. The van der Waals surface area contributed by atoms with Gasteiger partial charge in [-0.1, -0.05) is 17.7 Å². The van der Waals surface area contributed by atoms with Gasteiger partial charge in [-0.3, -0.25) is 4.79 Å². The third kappa shape index (κ3) is 3.16. The molecule has 2 rings (SSSR count). The highest BCUT2D eigenvalue weighted by molar-refractivity contribution is 14.1. The molecule has 98 valence electrons. The van der Waals surface area contributed by atoms with Crippen LogP contribution in [0.25, 0.3) is 0 Å². The number of carbonyl (C=O) groups is 1. The molecule has 0 aliphatic heterocycles. The van der Waals surface area contributed by atoms with E-state index in [-0.39, 0.29) is 22.0 Å². The molecule has 19 heavy (non-hydrogen) atoms. The summed E-state index contributed by atoms with van der Waals surface area (Å²) in [5.74, 6) is -1.21. The molecule has 0 atom stereocenters. The fourth-order valence-corrected chi connectivity index (χ4v) is 1.96. The van der Waals surface area contributed by atoms with Crippen molar-refractivity contribution >= 4 is 45.8 Å². The number of nitrogens with one attached hydrogen (secondary N) is 1. The van der Waals surface area contributed by atoms with Crippen LogP contribution in [0.5, 0.6) is 5.75 Å². The van der Waals surface area contributed by atoms with Crippen molar-refractivity contribution in [1.82, 2.24) is 0 Å². The minimum atomic E-state index is -0.688. The second kappa shape index (κ2) is 5.75. The summed E-state index contributed by atoms with van der Waals surface area (Å²) in [5.41, 5.74) is 0.229. The minimum absolute atomic E-state index is 0.000170. The van der Waals surface area contributed by atoms with Crippen LogP contribution in [0.3, 0.4) is 0 Å². The first-order valence-corrected chi connectivity index (χ1v) is 6.68. The zero-order chi connectivity index (χ0) is 14.0. The molecule has 2 N–H and O–H groups in total. The van der Waals surface area contributed by atoms with Crippen molar-refractivity contribution in [2.24, 2.45) is 0 Å². The Hall–Kier alpha value is -1.34. The molecule has 0 aliphatic carbocycles. The topological polar surface area (TPSA) is 49.3 Å². The summed E-state index contributed by atoms with van der Waals surface area (Å²) in [6.07, 6.45) is 0. The van der Waals surface area contributed by atoms with E-state index < -0.39 is 11.7 Å². The van der Waals surface area contributed by atoms with Gasteiger partial charge in [0, 0.05) is 5.56 Å². The molecule has 0 aliphatic rings. The second-order valence-electron chi connectivity index (χ2n) is 3.72. The average molecular weight is 392 g/mol. The Balaban J connectivity index is 2.26. The zero-order valence-electron chi connectivity index (χ0n) is 9.45. The van der Waals surface area contributed by atoms with Crippen molar-refractivity contribution in [2.45, 2.75) is 0 Å². The standard InChI is InChI=1S/C13H8ClFINO2/c14-8-2-1-3-10(12(8)15)17-13(19)7-4-5-9(16)11(18)6-7/h1-6,18H,(H,17,19). The number of phenols is 1. The van der Waals surface area contributed by atoms with Crippen molar-refractivity contribution in [1.29, 1.82) is 0 Å². The lowest BCUT2D eigenvalue weighted by molar-refractivity contribution is 0.102. The Morgan fingerprint density at radius 3 is 2.74 bits per heavy atom. The number of hydrogen-bond donors (Lipinski definition) is 2. The summed E-state index contributed by atoms with van der Waals surface area (Å²) in [6, 6.07) is 8.79. The van der Waals surface area contributed by atoms with Crippen LogP contribution in [0.1, 0.15) is 10.4 Å². The maximum absolute atomic E-state index is 13.6. The highest BCUT2D eigenvalue weighted by atomic mass is 127. The van der Waals surface area contributed by atoms with Gasteiger partial charge in [0.15, 0.2) is 5.82 Å². The smallest absolute Gasteiger partial charge is 0.255 e. The molecule has 0 unspecified atom stereocenters. The van der Waals surface area contributed by atoms with Crippen molar-refractivity contribution in [3.05, 3.63) is 56.4 Å². The zero-order valence-corrected chi connectivity index (χ0v) is 12.4. The van der Waals surface area contributed by atoms with Gasteiger partial charge in [0.1, 0.15) is 5.75 Å². The summed E-state index contributed by atoms with van der Waals surface area (Å²) >= 11 is 7.56. The molecule has 0 saturated heterocycles. The van der Waals surface area contributed by atoms with E-state index in [2.05, 4.69) is 5.32 Å². The van der Waals surface area contributed by atoms with E-state index in [1.807, 2.05) is 22.6 Å². The molecule has 0 spiro atoms. The Morgan fingerprint density at radius 1 is 1.32 bits per heavy atom. The molecule has 3 nitrogen and oxygen atoms in total. The van der Waals surface area contributed by atoms with Gasteiger partial charge in [-0.25, -0.2) is 4.39 Å². The molecule has 0 bridgehead atoms. The van der Waals surface area contributed by atoms with Crippen LogP contribution in [-0.2, 0) is 0 Å². The van der Waals surface area contributed by atoms with Gasteiger partial charge >= 0.3 is 0 Å². The monoisotopic (exact) mass is 391 g/mol. The first-order chi connectivity index (χ1) is 8.99. The SMILES string of the molecule is O=C(Nc1cccc(Cl)c1F)c1ccc(I)c(O)c1. The number of amides is 1. The number of carbonyl (C=O) groups excluding carboxylic acids is 1. The van der Waals surface area contributed by atoms with Crippen LogP contribution >= 0.6 is 34.2 Å². The minimum Gasteiger partial charge on any atom is -0.507 e. The van der Waals surface area contributed by atoms with Crippen LogP contribution < -0.4 is 5.32 Å². The van der Waals surface area contributed by atoms with Gasteiger partial charge in [0.2, 0.25) is 0 Å². The Morgan fingerprint density at radius 2 is 2.05 bits per heavy atom. The van der Waals surface area contributed by atoms with Crippen LogP contribution in [0.4, 0.5) is 10.1 Å². The predicted molar refractivity (Wildman–Crippen MR) is 80.2 cm³/mol. The highest BCUT2D eigenvalue weighted by Crippen LogP contribution is 2.24. The summed E-state index contributed by atoms with van der Waals surface area (Å²) < 4.78 is 14.3. The normalized spacial score (nSPS) is 10.3. The number of aromatic hydroxyl groups is 1. The summed E-state index contributed by atoms with van der Waals surface area (Å²) in [6.45, 7) is 0. The lowest BCUT2D eigenvalue weighted by Gasteiger charge is -2.08. The lowest BCUT2D eigenvalue weighted by atomic mass is 10.2. The largest absolute Gasteiger partial charge is 0.507 e. The number of hydrogen-bond acceptors (Lipinski definition) is 2. The molecule has 6 heteroatoms. The van der Waals surface area contributed by atoms with E-state index in [1.165, 1.54) is 24.3 Å². The van der Waals surface area contributed by atoms with E-state index >= 15 is 0 Å². The van der Waals surface area contributed by atoms with E-state index in [9.17, 15) is 14.3 Å². The van der Waals surface area contributed by atoms with E-state index in [0.29, 0.717) is 3.57 Å². The first-order valence-electron chi connectivity index (χ1n) is 5.23. The van der Waals surface area contributed by atoms with E-state index in [4.69, 9.17) is 11.6 Å². The maximum atomic E-state index is 13.6. The average Bonchev–Trinajstić information content (AvgIpc) is 2.38. The third-order valence-electron chi connectivity index (χ3n) is 2.41. The molecular weight excluding hydrogens is 384 g/mol. The summed E-state index contributed by atoms with van der Waals surface area (Å²) in [5, 5.41) is 11.9.